The van der Waals surface area contributed by atoms with Crippen LogP contribution in [0.1, 0.15) is 5.69 Å². The van der Waals surface area contributed by atoms with Gasteiger partial charge in [0, 0.05) is 24.3 Å². The molecule has 0 aliphatic rings. The molecule has 0 amide bonds. The Bertz CT molecular complexity index is 904. The van der Waals surface area contributed by atoms with Crippen molar-refractivity contribution in [1.29, 1.82) is 0 Å². The van der Waals surface area contributed by atoms with Gasteiger partial charge in [0.2, 0.25) is 0 Å². The summed E-state index contributed by atoms with van der Waals surface area (Å²) >= 11 is 0. The Labute approximate surface area is 114 Å². The summed E-state index contributed by atoms with van der Waals surface area (Å²) in [6, 6.07) is 5.92. The summed E-state index contributed by atoms with van der Waals surface area (Å²) in [5, 5.41) is 4.29. The summed E-state index contributed by atoms with van der Waals surface area (Å²) in [5.41, 5.74) is 3.81. The highest BCUT2D eigenvalue weighted by atomic mass is 15.1. The van der Waals surface area contributed by atoms with Crippen molar-refractivity contribution in [2.24, 2.45) is 0 Å². The minimum absolute atomic E-state index is 0.786. The van der Waals surface area contributed by atoms with Crippen LogP contribution in [0.5, 0.6) is 0 Å². The van der Waals surface area contributed by atoms with Crippen LogP contribution in [0.25, 0.3) is 16.7 Å². The second kappa shape index (κ2) is 4.06. The molecule has 98 valence electrons. The van der Waals surface area contributed by atoms with Crippen LogP contribution in [0.4, 0.5) is 11.5 Å². The number of anilines is 2. The molecule has 20 heavy (non-hydrogen) atoms. The number of aromatic nitrogens is 5. The lowest BCUT2D eigenvalue weighted by Crippen LogP contribution is -1.97. The molecule has 0 spiro atoms. The average molecular weight is 264 g/mol. The third-order valence-corrected chi connectivity index (χ3v) is 3.31. The normalized spacial score (nSPS) is 11.2. The Hall–Kier alpha value is -2.89. The Morgan fingerprint density at radius 1 is 1.15 bits per heavy atom. The van der Waals surface area contributed by atoms with Gasteiger partial charge < -0.3 is 14.7 Å². The van der Waals surface area contributed by atoms with E-state index in [0.717, 1.165) is 33.9 Å². The zero-order valence-electron chi connectivity index (χ0n) is 10.8. The molecule has 4 rings (SSSR count). The molecule has 0 bridgehead atoms. The Morgan fingerprint density at radius 2 is 2.10 bits per heavy atom. The topological polar surface area (TPSA) is 70.9 Å². The summed E-state index contributed by atoms with van der Waals surface area (Å²) < 4.78 is 2.04. The van der Waals surface area contributed by atoms with E-state index in [0.29, 0.717) is 0 Å². The van der Waals surface area contributed by atoms with Crippen LogP contribution in [0.3, 0.4) is 0 Å². The van der Waals surface area contributed by atoms with E-state index in [9.17, 15) is 0 Å². The maximum absolute atomic E-state index is 4.31. The number of aryl methyl sites for hydroxylation is 1. The van der Waals surface area contributed by atoms with Crippen LogP contribution in [-0.2, 0) is 0 Å². The van der Waals surface area contributed by atoms with Gasteiger partial charge in [0.1, 0.15) is 23.4 Å². The number of H-pyrrole nitrogens is 1. The summed E-state index contributed by atoms with van der Waals surface area (Å²) in [5.74, 6) is 0.786. The van der Waals surface area contributed by atoms with Crippen molar-refractivity contribution in [3.8, 4) is 0 Å². The summed E-state index contributed by atoms with van der Waals surface area (Å²) in [4.78, 5) is 15.9. The number of fused-ring (bicyclic) bond motifs is 2. The first-order valence-electron chi connectivity index (χ1n) is 6.30. The number of nitrogens with one attached hydrogen (secondary N) is 2. The Morgan fingerprint density at radius 3 is 3.05 bits per heavy atom. The van der Waals surface area contributed by atoms with Crippen molar-refractivity contribution >= 4 is 28.2 Å². The molecular weight excluding hydrogens is 252 g/mol. The second-order valence-electron chi connectivity index (χ2n) is 4.63. The van der Waals surface area contributed by atoms with Gasteiger partial charge in [-0.3, -0.25) is 0 Å². The summed E-state index contributed by atoms with van der Waals surface area (Å²) in [7, 11) is 0. The number of nitrogens with zero attached hydrogens (tertiary/aromatic N) is 4. The maximum atomic E-state index is 4.31. The van der Waals surface area contributed by atoms with Gasteiger partial charge in [-0.15, -0.1) is 0 Å². The maximum Gasteiger partial charge on any atom is 0.143 e. The zero-order chi connectivity index (χ0) is 13.5. The van der Waals surface area contributed by atoms with Crippen LogP contribution in [0.15, 0.2) is 43.1 Å². The third kappa shape index (κ3) is 1.62. The monoisotopic (exact) mass is 264 g/mol. The molecule has 0 aliphatic carbocycles. The lowest BCUT2D eigenvalue weighted by atomic mass is 10.3. The lowest BCUT2D eigenvalue weighted by molar-refractivity contribution is 1.11. The van der Waals surface area contributed by atoms with Crippen LogP contribution in [0.2, 0.25) is 0 Å². The molecule has 0 aliphatic heterocycles. The van der Waals surface area contributed by atoms with E-state index < -0.39 is 0 Å². The predicted octanol–water partition coefficient (Wildman–Crippen LogP) is 2.66. The van der Waals surface area contributed by atoms with Gasteiger partial charge in [-0.05, 0) is 25.1 Å². The summed E-state index contributed by atoms with van der Waals surface area (Å²) in [6.45, 7) is 2.03. The standard InChI is InChI=1S/C14H12N6/c1-9-6-16-12-3-2-10(7-20(9)12)19-14-11-4-5-15-13(11)17-8-18-14/h2-8H,1H3,(H2,15,17,18,19). The Balaban J connectivity index is 1.80. The number of hydrogen-bond donors (Lipinski definition) is 2. The van der Waals surface area contributed by atoms with Gasteiger partial charge in [0.25, 0.3) is 0 Å². The number of imidazole rings is 1. The fourth-order valence-electron chi connectivity index (χ4n) is 2.29. The van der Waals surface area contributed by atoms with E-state index in [1.54, 1.807) is 6.33 Å². The van der Waals surface area contributed by atoms with Gasteiger partial charge in [-0.25, -0.2) is 15.0 Å². The molecule has 4 aromatic heterocycles. The van der Waals surface area contributed by atoms with Gasteiger partial charge in [-0.2, -0.15) is 0 Å². The molecule has 0 unspecified atom stereocenters. The Kier molecular flexibility index (Phi) is 2.23. The molecular formula is C14H12N6. The third-order valence-electron chi connectivity index (χ3n) is 3.31. The van der Waals surface area contributed by atoms with E-state index >= 15 is 0 Å². The number of rotatable bonds is 2. The van der Waals surface area contributed by atoms with Crippen molar-refractivity contribution in [2.75, 3.05) is 5.32 Å². The van der Waals surface area contributed by atoms with Gasteiger partial charge in [-0.1, -0.05) is 0 Å². The van der Waals surface area contributed by atoms with Gasteiger partial charge >= 0.3 is 0 Å². The van der Waals surface area contributed by atoms with E-state index in [4.69, 9.17) is 0 Å². The minimum atomic E-state index is 0.786. The van der Waals surface area contributed by atoms with Gasteiger partial charge in [0.15, 0.2) is 0 Å². The molecule has 0 saturated carbocycles. The number of hydrogen-bond acceptors (Lipinski definition) is 4. The van der Waals surface area contributed by atoms with E-state index in [2.05, 4.69) is 25.3 Å². The van der Waals surface area contributed by atoms with Crippen molar-refractivity contribution < 1.29 is 0 Å². The molecule has 6 nitrogen and oxygen atoms in total. The molecule has 0 fully saturated rings. The van der Waals surface area contributed by atoms with E-state index in [-0.39, 0.29) is 0 Å². The molecule has 0 atom stereocenters. The molecule has 6 heteroatoms. The molecule has 4 heterocycles. The SMILES string of the molecule is Cc1cnc2ccc(Nc3ncnc4[nH]ccc34)cn12. The first-order valence-corrected chi connectivity index (χ1v) is 6.30. The highest BCUT2D eigenvalue weighted by molar-refractivity contribution is 5.88. The van der Waals surface area contributed by atoms with Gasteiger partial charge in [0.05, 0.1) is 11.1 Å². The summed E-state index contributed by atoms with van der Waals surface area (Å²) in [6.07, 6.45) is 7.27. The fraction of sp³-hybridized carbons (Fsp3) is 0.0714. The van der Waals surface area contributed by atoms with Crippen LogP contribution >= 0.6 is 0 Å². The lowest BCUT2D eigenvalue weighted by Gasteiger charge is -2.07. The first-order chi connectivity index (χ1) is 9.81. The zero-order valence-corrected chi connectivity index (χ0v) is 10.8. The molecule has 0 saturated heterocycles. The first kappa shape index (κ1) is 11.0. The molecule has 2 N–H and O–H groups in total. The predicted molar refractivity (Wildman–Crippen MR) is 77.1 cm³/mol. The largest absolute Gasteiger partial charge is 0.346 e. The van der Waals surface area contributed by atoms with Crippen molar-refractivity contribution in [3.63, 3.8) is 0 Å². The highest BCUT2D eigenvalue weighted by Gasteiger charge is 2.06. The van der Waals surface area contributed by atoms with Crippen LogP contribution in [-0.4, -0.2) is 24.3 Å². The quantitative estimate of drug-likeness (QED) is 0.584. The van der Waals surface area contributed by atoms with E-state index in [1.165, 1.54) is 0 Å². The molecule has 0 radical (unpaired) electrons. The van der Waals surface area contributed by atoms with Crippen LogP contribution in [0, 0.1) is 6.92 Å². The average Bonchev–Trinajstić information content (AvgIpc) is 3.07. The second-order valence-corrected chi connectivity index (χ2v) is 4.63. The van der Waals surface area contributed by atoms with Crippen molar-refractivity contribution in [1.82, 2.24) is 24.3 Å². The molecule has 0 aromatic carbocycles. The minimum Gasteiger partial charge on any atom is -0.346 e. The number of pyridine rings is 1. The van der Waals surface area contributed by atoms with Crippen molar-refractivity contribution in [3.05, 3.63) is 48.8 Å². The number of aromatic amines is 1. The van der Waals surface area contributed by atoms with Crippen LogP contribution < -0.4 is 5.32 Å². The fourth-order valence-corrected chi connectivity index (χ4v) is 2.29. The molecule has 4 aromatic rings. The van der Waals surface area contributed by atoms with E-state index in [1.807, 2.05) is 48.1 Å². The highest BCUT2D eigenvalue weighted by Crippen LogP contribution is 2.22. The smallest absolute Gasteiger partial charge is 0.143 e. The van der Waals surface area contributed by atoms with Crippen molar-refractivity contribution in [2.45, 2.75) is 6.92 Å².